The lowest BCUT2D eigenvalue weighted by atomic mass is 10.0. The second-order valence-corrected chi connectivity index (χ2v) is 7.18. The molecule has 156 valence electrons. The van der Waals surface area contributed by atoms with Crippen molar-refractivity contribution in [1.29, 1.82) is 0 Å². The molecule has 2 amide bonds. The average Bonchev–Trinajstić information content (AvgIpc) is 3.26. The molecule has 0 saturated carbocycles. The van der Waals surface area contributed by atoms with E-state index in [9.17, 15) is 18.4 Å². The summed E-state index contributed by atoms with van der Waals surface area (Å²) in [6.45, 7) is 1.86. The number of aromatic nitrogens is 2. The van der Waals surface area contributed by atoms with E-state index in [4.69, 9.17) is 0 Å². The van der Waals surface area contributed by atoms with Gasteiger partial charge in [-0.25, -0.2) is 13.8 Å². The molecule has 1 N–H and O–H groups in total. The van der Waals surface area contributed by atoms with Crippen LogP contribution in [0.25, 0.3) is 0 Å². The Labute approximate surface area is 173 Å². The Balaban J connectivity index is 0.00000240. The molecule has 0 aliphatic carbocycles. The first kappa shape index (κ1) is 21.2. The molecule has 10 heteroatoms. The number of carbonyl (C=O) groups excluding carboxylic acids is 2. The summed E-state index contributed by atoms with van der Waals surface area (Å²) in [5.74, 6) is -1.74. The Morgan fingerprint density at radius 1 is 1.24 bits per heavy atom. The summed E-state index contributed by atoms with van der Waals surface area (Å²) >= 11 is 0. The normalized spacial score (nSPS) is 22.0. The maximum atomic E-state index is 13.5. The van der Waals surface area contributed by atoms with E-state index in [1.807, 2.05) is 17.8 Å². The van der Waals surface area contributed by atoms with Crippen LogP contribution in [0.5, 0.6) is 0 Å². The van der Waals surface area contributed by atoms with Crippen molar-refractivity contribution in [2.24, 2.45) is 13.0 Å². The van der Waals surface area contributed by atoms with Crippen molar-refractivity contribution in [2.75, 3.05) is 31.1 Å². The first-order chi connectivity index (χ1) is 13.4. The van der Waals surface area contributed by atoms with Crippen LogP contribution < -0.4 is 10.2 Å². The summed E-state index contributed by atoms with van der Waals surface area (Å²) in [6.07, 6.45) is 3.53. The number of benzene rings is 1. The summed E-state index contributed by atoms with van der Waals surface area (Å²) in [5.41, 5.74) is 0.138. The molecule has 2 fully saturated rings. The molecule has 2 unspecified atom stereocenters. The van der Waals surface area contributed by atoms with Crippen LogP contribution in [0, 0.1) is 17.6 Å². The van der Waals surface area contributed by atoms with Gasteiger partial charge in [-0.05, 0) is 12.1 Å². The quantitative estimate of drug-likeness (QED) is 0.811. The van der Waals surface area contributed by atoms with Crippen LogP contribution in [0.3, 0.4) is 0 Å². The highest BCUT2D eigenvalue weighted by molar-refractivity contribution is 6.00. The Kier molecular flexibility index (Phi) is 6.18. The predicted molar refractivity (Wildman–Crippen MR) is 105 cm³/mol. The van der Waals surface area contributed by atoms with Crippen molar-refractivity contribution in [3.63, 3.8) is 0 Å². The highest BCUT2D eigenvalue weighted by Gasteiger charge is 2.40. The molecule has 29 heavy (non-hydrogen) atoms. The van der Waals surface area contributed by atoms with Gasteiger partial charge in [0, 0.05) is 63.8 Å². The number of amides is 2. The third kappa shape index (κ3) is 4.11. The molecule has 0 radical (unpaired) electrons. The second-order valence-electron chi connectivity index (χ2n) is 7.18. The molecule has 7 nitrogen and oxygen atoms in total. The molecule has 2 aromatic rings. The summed E-state index contributed by atoms with van der Waals surface area (Å²) < 4.78 is 28.9. The Morgan fingerprint density at radius 2 is 1.97 bits per heavy atom. The molecule has 3 heterocycles. The molecule has 2 aliphatic rings. The zero-order chi connectivity index (χ0) is 19.8. The Morgan fingerprint density at radius 3 is 2.62 bits per heavy atom. The molecule has 1 aromatic heterocycles. The molecule has 2 atom stereocenters. The van der Waals surface area contributed by atoms with Crippen LogP contribution >= 0.6 is 12.4 Å². The van der Waals surface area contributed by atoms with E-state index in [0.29, 0.717) is 19.6 Å². The minimum absolute atomic E-state index is 0. The van der Waals surface area contributed by atoms with Crippen LogP contribution in [-0.2, 0) is 16.6 Å². The lowest BCUT2D eigenvalue weighted by molar-refractivity contribution is -0.139. The maximum Gasteiger partial charge on any atom is 0.228 e. The van der Waals surface area contributed by atoms with E-state index in [0.717, 1.165) is 24.0 Å². The van der Waals surface area contributed by atoms with Gasteiger partial charge in [-0.3, -0.25) is 9.59 Å². The number of anilines is 1. The van der Waals surface area contributed by atoms with Gasteiger partial charge in [0.25, 0.3) is 0 Å². The third-order valence-corrected chi connectivity index (χ3v) is 5.32. The molecule has 2 aliphatic heterocycles. The van der Waals surface area contributed by atoms with Crippen molar-refractivity contribution in [2.45, 2.75) is 12.5 Å². The monoisotopic (exact) mass is 425 g/mol. The second kappa shape index (κ2) is 8.46. The van der Waals surface area contributed by atoms with E-state index < -0.39 is 17.6 Å². The number of imidazole rings is 1. The number of piperazine rings is 1. The van der Waals surface area contributed by atoms with Crippen molar-refractivity contribution >= 4 is 29.9 Å². The number of nitrogens with one attached hydrogen (secondary N) is 1. The van der Waals surface area contributed by atoms with Gasteiger partial charge < -0.3 is 19.7 Å². The van der Waals surface area contributed by atoms with Crippen molar-refractivity contribution in [3.05, 3.63) is 48.1 Å². The highest BCUT2D eigenvalue weighted by atomic mass is 35.5. The first-order valence-corrected chi connectivity index (χ1v) is 9.19. The fourth-order valence-corrected chi connectivity index (χ4v) is 3.95. The molecular weight excluding hydrogens is 404 g/mol. The van der Waals surface area contributed by atoms with Crippen LogP contribution in [0.15, 0.2) is 30.6 Å². The topological polar surface area (TPSA) is 70.5 Å². The number of rotatable bonds is 3. The number of hydrogen-bond acceptors (Lipinski definition) is 4. The molecule has 0 spiro atoms. The minimum Gasteiger partial charge on any atom is -0.336 e. The SMILES string of the molecule is Cl.Cn1ccnc1C1CNCCN1C(=O)C1CC(=O)N(c2cc(F)cc(F)c2)C1. The lowest BCUT2D eigenvalue weighted by Gasteiger charge is -2.37. The van der Waals surface area contributed by atoms with Crippen LogP contribution in [-0.4, -0.2) is 52.4 Å². The standard InChI is InChI=1S/C19H21F2N5O2.ClH/c1-24-4-3-23-18(24)16-10-22-2-5-25(16)19(28)12-6-17(27)26(11-12)15-8-13(20)7-14(21)9-15;/h3-4,7-9,12,16,22H,2,5-6,10-11H2,1H3;1H. The van der Waals surface area contributed by atoms with Crippen LogP contribution in [0.1, 0.15) is 18.3 Å². The summed E-state index contributed by atoms with van der Waals surface area (Å²) in [7, 11) is 1.87. The Hall–Kier alpha value is -2.52. The van der Waals surface area contributed by atoms with Gasteiger partial charge >= 0.3 is 0 Å². The third-order valence-electron chi connectivity index (χ3n) is 5.32. The Bertz CT molecular complexity index is 902. The van der Waals surface area contributed by atoms with Crippen molar-refractivity contribution in [1.82, 2.24) is 19.8 Å². The maximum absolute atomic E-state index is 13.5. The summed E-state index contributed by atoms with van der Waals surface area (Å²) in [5, 5.41) is 3.27. The van der Waals surface area contributed by atoms with Crippen molar-refractivity contribution < 1.29 is 18.4 Å². The van der Waals surface area contributed by atoms with Gasteiger partial charge in [0.2, 0.25) is 11.8 Å². The molecule has 4 rings (SSSR count). The minimum atomic E-state index is -0.755. The average molecular weight is 426 g/mol. The summed E-state index contributed by atoms with van der Waals surface area (Å²) in [6, 6.07) is 2.74. The fourth-order valence-electron chi connectivity index (χ4n) is 3.95. The van der Waals surface area contributed by atoms with Gasteiger partial charge in [-0.1, -0.05) is 0 Å². The van der Waals surface area contributed by atoms with Gasteiger partial charge in [-0.2, -0.15) is 0 Å². The fraction of sp³-hybridized carbons (Fsp3) is 0.421. The van der Waals surface area contributed by atoms with E-state index in [1.165, 1.54) is 4.90 Å². The van der Waals surface area contributed by atoms with Gasteiger partial charge in [0.05, 0.1) is 5.92 Å². The smallest absolute Gasteiger partial charge is 0.228 e. The molecular formula is C19H22ClF2N5O2. The molecule has 2 saturated heterocycles. The number of aryl methyl sites for hydroxylation is 1. The number of carbonyl (C=O) groups is 2. The number of nitrogens with zero attached hydrogens (tertiary/aromatic N) is 4. The van der Waals surface area contributed by atoms with E-state index in [1.54, 1.807) is 11.1 Å². The van der Waals surface area contributed by atoms with E-state index in [2.05, 4.69) is 10.3 Å². The van der Waals surface area contributed by atoms with Crippen LogP contribution in [0.2, 0.25) is 0 Å². The molecule has 0 bridgehead atoms. The van der Waals surface area contributed by atoms with Crippen LogP contribution in [0.4, 0.5) is 14.5 Å². The first-order valence-electron chi connectivity index (χ1n) is 9.19. The van der Waals surface area contributed by atoms with Gasteiger partial charge in [-0.15, -0.1) is 12.4 Å². The predicted octanol–water partition coefficient (Wildman–Crippen LogP) is 1.65. The lowest BCUT2D eigenvalue weighted by Crippen LogP contribution is -2.51. The number of halogens is 3. The number of hydrogen-bond donors (Lipinski definition) is 1. The van der Waals surface area contributed by atoms with Crippen molar-refractivity contribution in [3.8, 4) is 0 Å². The highest BCUT2D eigenvalue weighted by Crippen LogP contribution is 2.30. The van der Waals surface area contributed by atoms with Gasteiger partial charge in [0.1, 0.15) is 23.5 Å². The molecule has 1 aromatic carbocycles. The largest absolute Gasteiger partial charge is 0.336 e. The zero-order valence-electron chi connectivity index (χ0n) is 15.8. The van der Waals surface area contributed by atoms with E-state index >= 15 is 0 Å². The zero-order valence-corrected chi connectivity index (χ0v) is 16.7. The summed E-state index contributed by atoms with van der Waals surface area (Å²) in [4.78, 5) is 33.1. The van der Waals surface area contributed by atoms with Gasteiger partial charge in [0.15, 0.2) is 0 Å². The van der Waals surface area contributed by atoms with E-state index in [-0.39, 0.29) is 48.9 Å².